The average molecular weight is 399 g/mol. The van der Waals surface area contributed by atoms with Crippen LogP contribution in [0.5, 0.6) is 0 Å². The van der Waals surface area contributed by atoms with Gasteiger partial charge in [0.25, 0.3) is 0 Å². The molecule has 2 rings (SSSR count). The predicted octanol–water partition coefficient (Wildman–Crippen LogP) is 7.93. The number of esters is 1. The minimum Gasteiger partial charge on any atom is -0.469 e. The fourth-order valence-electron chi connectivity index (χ4n) is 3.85. The molecule has 0 N–H and O–H groups in total. The van der Waals surface area contributed by atoms with Gasteiger partial charge in [0.2, 0.25) is 0 Å². The first-order valence-corrected chi connectivity index (χ1v) is 11.7. The Morgan fingerprint density at radius 1 is 1.07 bits per heavy atom. The molecule has 162 valence electrons. The fraction of sp³-hybridized carbons (Fsp3) is 0.593. The summed E-state index contributed by atoms with van der Waals surface area (Å²) in [5.74, 6) is 0.467. The highest BCUT2D eigenvalue weighted by Gasteiger charge is 2.19. The number of carbonyl (C=O) groups excluding carboxylic acids is 1. The van der Waals surface area contributed by atoms with Crippen LogP contribution >= 0.6 is 0 Å². The Morgan fingerprint density at radius 2 is 1.83 bits per heavy atom. The lowest BCUT2D eigenvalue weighted by molar-refractivity contribution is -0.140. The number of benzene rings is 1. The monoisotopic (exact) mass is 398 g/mol. The Bertz CT molecular complexity index is 610. The van der Waals surface area contributed by atoms with Crippen molar-refractivity contribution >= 4 is 5.97 Å². The number of aryl methyl sites for hydroxylation is 1. The lowest BCUT2D eigenvalue weighted by Crippen LogP contribution is -1.99. The van der Waals surface area contributed by atoms with Crippen molar-refractivity contribution in [3.8, 4) is 0 Å². The maximum Gasteiger partial charge on any atom is 0.305 e. The topological polar surface area (TPSA) is 26.3 Å². The van der Waals surface area contributed by atoms with E-state index < -0.39 is 0 Å². The van der Waals surface area contributed by atoms with Crippen molar-refractivity contribution in [1.29, 1.82) is 0 Å². The largest absolute Gasteiger partial charge is 0.469 e. The number of rotatable bonds is 12. The summed E-state index contributed by atoms with van der Waals surface area (Å²) in [6.45, 7) is 6.26. The van der Waals surface area contributed by atoms with Gasteiger partial charge in [-0.1, -0.05) is 88.1 Å². The zero-order valence-electron chi connectivity index (χ0n) is 19.2. The minimum atomic E-state index is -0.115. The lowest BCUT2D eigenvalue weighted by Gasteiger charge is -2.15. The predicted molar refractivity (Wildman–Crippen MR) is 125 cm³/mol. The van der Waals surface area contributed by atoms with Crippen LogP contribution in [0.4, 0.5) is 0 Å². The van der Waals surface area contributed by atoms with Gasteiger partial charge < -0.3 is 4.74 Å². The van der Waals surface area contributed by atoms with E-state index in [1.165, 1.54) is 63.2 Å². The number of hydrogen-bond donors (Lipinski definition) is 0. The third kappa shape index (κ3) is 9.96. The molecule has 0 radical (unpaired) electrons. The van der Waals surface area contributed by atoms with Crippen LogP contribution in [0, 0.1) is 0 Å². The zero-order valence-corrected chi connectivity index (χ0v) is 19.2. The molecule has 1 aliphatic carbocycles. The van der Waals surface area contributed by atoms with Crippen LogP contribution in [0.2, 0.25) is 0 Å². The first-order valence-electron chi connectivity index (χ1n) is 11.7. The molecule has 1 aromatic rings. The summed E-state index contributed by atoms with van der Waals surface area (Å²) in [4.78, 5) is 11.1. The van der Waals surface area contributed by atoms with E-state index >= 15 is 0 Å². The molecule has 0 heterocycles. The van der Waals surface area contributed by atoms with Crippen LogP contribution in [0.25, 0.3) is 0 Å². The van der Waals surface area contributed by atoms with E-state index in [-0.39, 0.29) is 5.97 Å². The normalized spacial score (nSPS) is 15.7. The van der Waals surface area contributed by atoms with Crippen molar-refractivity contribution < 1.29 is 9.53 Å². The van der Waals surface area contributed by atoms with Crippen LogP contribution in [0.3, 0.4) is 0 Å². The molecule has 1 atom stereocenters. The summed E-state index contributed by atoms with van der Waals surface area (Å²) in [7, 11) is 1.45. The van der Waals surface area contributed by atoms with Gasteiger partial charge in [-0.2, -0.15) is 0 Å². The smallest absolute Gasteiger partial charge is 0.305 e. The van der Waals surface area contributed by atoms with Gasteiger partial charge in [-0.25, -0.2) is 0 Å². The van der Waals surface area contributed by atoms with Gasteiger partial charge in [0, 0.05) is 12.3 Å². The zero-order chi connectivity index (χ0) is 21.3. The molecule has 0 saturated carbocycles. The molecule has 0 amide bonds. The number of ether oxygens (including phenoxy) is 1. The summed E-state index contributed by atoms with van der Waals surface area (Å²) in [5, 5.41) is 0. The molecule has 0 spiro atoms. The number of hydrogen-bond acceptors (Lipinski definition) is 2. The minimum absolute atomic E-state index is 0.115. The Labute approximate surface area is 179 Å². The molecule has 2 nitrogen and oxygen atoms in total. The van der Waals surface area contributed by atoms with Gasteiger partial charge in [0.1, 0.15) is 0 Å². The SMILES string of the molecule is CC.CCCCCCc1ccc(C2CCC=C2C/C=C\CCCC(=O)OC)cc1. The lowest BCUT2D eigenvalue weighted by atomic mass is 9.90. The molecule has 2 heteroatoms. The van der Waals surface area contributed by atoms with E-state index in [9.17, 15) is 4.79 Å². The van der Waals surface area contributed by atoms with Crippen molar-refractivity contribution in [2.45, 2.75) is 97.3 Å². The Kier molecular flexibility index (Phi) is 13.9. The summed E-state index contributed by atoms with van der Waals surface area (Å²) in [5.41, 5.74) is 4.49. The molecule has 0 saturated heterocycles. The molecular weight excluding hydrogens is 356 g/mol. The number of allylic oxidation sites excluding steroid dienone is 4. The molecule has 1 aliphatic rings. The average Bonchev–Trinajstić information content (AvgIpc) is 3.24. The van der Waals surface area contributed by atoms with Gasteiger partial charge in [-0.3, -0.25) is 4.79 Å². The second-order valence-corrected chi connectivity index (χ2v) is 7.61. The van der Waals surface area contributed by atoms with Crippen LogP contribution in [0.15, 0.2) is 48.1 Å². The summed E-state index contributed by atoms with van der Waals surface area (Å²) in [6, 6.07) is 9.36. The number of methoxy groups -OCH3 is 1. The van der Waals surface area contributed by atoms with Gasteiger partial charge >= 0.3 is 5.97 Å². The van der Waals surface area contributed by atoms with Gasteiger partial charge in [-0.15, -0.1) is 0 Å². The number of carbonyl (C=O) groups is 1. The molecule has 0 fully saturated rings. The Hall–Kier alpha value is -1.83. The second kappa shape index (κ2) is 16.0. The van der Waals surface area contributed by atoms with Crippen LogP contribution in [-0.2, 0) is 16.0 Å². The van der Waals surface area contributed by atoms with Crippen molar-refractivity contribution in [1.82, 2.24) is 0 Å². The quantitative estimate of drug-likeness (QED) is 0.203. The molecule has 1 aromatic carbocycles. The Morgan fingerprint density at radius 3 is 2.52 bits per heavy atom. The highest BCUT2D eigenvalue weighted by atomic mass is 16.5. The van der Waals surface area contributed by atoms with Gasteiger partial charge in [0.15, 0.2) is 0 Å². The van der Waals surface area contributed by atoms with Crippen molar-refractivity contribution in [3.05, 3.63) is 59.2 Å². The fourth-order valence-corrected chi connectivity index (χ4v) is 3.85. The Balaban J connectivity index is 0.00000204. The summed E-state index contributed by atoms with van der Waals surface area (Å²) >= 11 is 0. The highest BCUT2D eigenvalue weighted by molar-refractivity contribution is 5.69. The van der Waals surface area contributed by atoms with Gasteiger partial charge in [0.05, 0.1) is 7.11 Å². The molecule has 0 aromatic heterocycles. The van der Waals surface area contributed by atoms with E-state index in [4.69, 9.17) is 0 Å². The molecule has 0 aliphatic heterocycles. The summed E-state index contributed by atoms with van der Waals surface area (Å²) < 4.78 is 4.67. The first-order chi connectivity index (χ1) is 14.2. The third-order valence-electron chi connectivity index (χ3n) is 5.51. The maximum absolute atomic E-state index is 11.1. The summed E-state index contributed by atoms with van der Waals surface area (Å²) in [6.07, 6.45) is 19.2. The first kappa shape index (κ1) is 25.2. The highest BCUT2D eigenvalue weighted by Crippen LogP contribution is 2.37. The van der Waals surface area contributed by atoms with E-state index in [0.717, 1.165) is 19.3 Å². The molecule has 0 bridgehead atoms. The van der Waals surface area contributed by atoms with E-state index in [1.54, 1.807) is 5.57 Å². The van der Waals surface area contributed by atoms with Crippen LogP contribution < -0.4 is 0 Å². The van der Waals surface area contributed by atoms with Crippen molar-refractivity contribution in [3.63, 3.8) is 0 Å². The maximum atomic E-state index is 11.1. The van der Waals surface area contributed by atoms with E-state index in [0.29, 0.717) is 12.3 Å². The van der Waals surface area contributed by atoms with Gasteiger partial charge in [-0.05, 0) is 56.1 Å². The van der Waals surface area contributed by atoms with Crippen molar-refractivity contribution in [2.24, 2.45) is 0 Å². The molecular formula is C27H42O2. The number of unbranched alkanes of at least 4 members (excludes halogenated alkanes) is 4. The third-order valence-corrected chi connectivity index (χ3v) is 5.51. The van der Waals surface area contributed by atoms with Crippen LogP contribution in [-0.4, -0.2) is 13.1 Å². The second-order valence-electron chi connectivity index (χ2n) is 7.61. The van der Waals surface area contributed by atoms with Crippen LogP contribution in [0.1, 0.15) is 102 Å². The van der Waals surface area contributed by atoms with E-state index in [1.807, 2.05) is 13.8 Å². The van der Waals surface area contributed by atoms with E-state index in [2.05, 4.69) is 54.2 Å². The molecule has 29 heavy (non-hydrogen) atoms. The standard InChI is InChI=1S/C25H36O2.C2H6/c1-3-4-5-8-12-21-17-19-23(20-18-21)24-15-11-14-22(24)13-9-6-7-10-16-25(26)27-2;1-2/h6,9,14,17-20,24H,3-5,7-8,10-13,15-16H2,1-2H3;1-2H3/b9-6-;. The van der Waals surface area contributed by atoms with Crippen molar-refractivity contribution in [2.75, 3.05) is 7.11 Å². The molecule has 1 unspecified atom stereocenters.